The van der Waals surface area contributed by atoms with Crippen molar-refractivity contribution in [1.82, 2.24) is 9.97 Å². The fraction of sp³-hybridized carbons (Fsp3) is 0.0385. The summed E-state index contributed by atoms with van der Waals surface area (Å²) in [6.07, 6.45) is 0.837. The van der Waals surface area contributed by atoms with E-state index in [0.717, 1.165) is 22.9 Å². The highest BCUT2D eigenvalue weighted by Crippen LogP contribution is 2.39. The number of aromatic nitrogens is 2. The van der Waals surface area contributed by atoms with Gasteiger partial charge in [0, 0.05) is 10.8 Å². The van der Waals surface area contributed by atoms with Gasteiger partial charge < -0.3 is 5.11 Å². The third-order valence-electron chi connectivity index (χ3n) is 5.81. The van der Waals surface area contributed by atoms with Gasteiger partial charge in [-0.2, -0.15) is 0 Å². The smallest absolute Gasteiger partial charge is 0.336 e. The SMILES string of the molecule is O=C(O)c1cc(-c2ccc3ccccc3n2)nc2cc3c(cc12)-c1ccccc1C3. The number of carboxylic acid groups (broad SMARTS) is 1. The van der Waals surface area contributed by atoms with Crippen LogP contribution in [0.5, 0.6) is 0 Å². The fourth-order valence-electron chi connectivity index (χ4n) is 4.37. The van der Waals surface area contributed by atoms with Crippen molar-refractivity contribution >= 4 is 27.8 Å². The van der Waals surface area contributed by atoms with Crippen LogP contribution in [-0.2, 0) is 6.42 Å². The number of rotatable bonds is 2. The molecule has 0 spiro atoms. The third kappa shape index (κ3) is 2.51. The highest BCUT2D eigenvalue weighted by atomic mass is 16.4. The maximum atomic E-state index is 12.1. The zero-order valence-corrected chi connectivity index (χ0v) is 16.0. The summed E-state index contributed by atoms with van der Waals surface area (Å²) >= 11 is 0. The maximum Gasteiger partial charge on any atom is 0.336 e. The van der Waals surface area contributed by atoms with Gasteiger partial charge in [0.25, 0.3) is 0 Å². The van der Waals surface area contributed by atoms with E-state index in [2.05, 4.69) is 12.1 Å². The van der Waals surface area contributed by atoms with Gasteiger partial charge in [0.15, 0.2) is 0 Å². The summed E-state index contributed by atoms with van der Waals surface area (Å²) in [5.74, 6) is -0.962. The van der Waals surface area contributed by atoms with Crippen LogP contribution in [0.25, 0.3) is 44.3 Å². The Morgan fingerprint density at radius 3 is 2.43 bits per heavy atom. The molecule has 30 heavy (non-hydrogen) atoms. The van der Waals surface area contributed by atoms with E-state index in [1.807, 2.05) is 60.7 Å². The maximum absolute atomic E-state index is 12.1. The molecule has 0 atom stereocenters. The van der Waals surface area contributed by atoms with E-state index in [0.29, 0.717) is 22.3 Å². The molecule has 2 heterocycles. The van der Waals surface area contributed by atoms with E-state index >= 15 is 0 Å². The van der Waals surface area contributed by atoms with Crippen molar-refractivity contribution in [3.63, 3.8) is 0 Å². The summed E-state index contributed by atoms with van der Waals surface area (Å²) in [5.41, 5.74) is 7.74. The van der Waals surface area contributed by atoms with E-state index in [-0.39, 0.29) is 5.56 Å². The molecule has 0 radical (unpaired) electrons. The highest BCUT2D eigenvalue weighted by molar-refractivity contribution is 6.06. The van der Waals surface area contributed by atoms with Gasteiger partial charge in [-0.3, -0.25) is 0 Å². The van der Waals surface area contributed by atoms with E-state index in [4.69, 9.17) is 9.97 Å². The molecule has 0 saturated carbocycles. The van der Waals surface area contributed by atoms with Crippen LogP contribution in [-0.4, -0.2) is 21.0 Å². The molecule has 3 aromatic carbocycles. The molecular formula is C26H16N2O2. The minimum atomic E-state index is -0.962. The fourth-order valence-corrected chi connectivity index (χ4v) is 4.37. The first-order valence-corrected chi connectivity index (χ1v) is 9.83. The standard InChI is InChI=1S/C26H16N2O2/c29-26(30)21-14-25(23-10-9-15-5-2-4-8-22(15)27-23)28-24-12-17-11-16-6-1-3-7-18(16)19(17)13-20(21)24/h1-10,12-14H,11H2,(H,29,30). The summed E-state index contributed by atoms with van der Waals surface area (Å²) in [4.78, 5) is 21.6. The minimum absolute atomic E-state index is 0.247. The van der Waals surface area contributed by atoms with Crippen LogP contribution >= 0.6 is 0 Å². The lowest BCUT2D eigenvalue weighted by Gasteiger charge is -2.10. The van der Waals surface area contributed by atoms with Crippen molar-refractivity contribution in [3.05, 3.63) is 95.6 Å². The molecule has 0 bridgehead atoms. The molecule has 0 saturated heterocycles. The van der Waals surface area contributed by atoms with Gasteiger partial charge in [-0.1, -0.05) is 48.5 Å². The van der Waals surface area contributed by atoms with Gasteiger partial charge in [-0.05, 0) is 59.0 Å². The van der Waals surface area contributed by atoms with Crippen LogP contribution in [0.2, 0.25) is 0 Å². The average Bonchev–Trinajstić information content (AvgIpc) is 3.13. The van der Waals surface area contributed by atoms with Crippen LogP contribution in [0.4, 0.5) is 0 Å². The van der Waals surface area contributed by atoms with Crippen molar-refractivity contribution in [2.75, 3.05) is 0 Å². The predicted octanol–water partition coefficient (Wildman–Crippen LogP) is 5.72. The molecule has 0 fully saturated rings. The second-order valence-corrected chi connectivity index (χ2v) is 7.61. The summed E-state index contributed by atoms with van der Waals surface area (Å²) in [6, 6.07) is 25.7. The first-order valence-electron chi connectivity index (χ1n) is 9.83. The quantitative estimate of drug-likeness (QED) is 0.412. The lowest BCUT2D eigenvalue weighted by Crippen LogP contribution is -2.01. The molecule has 5 aromatic rings. The van der Waals surface area contributed by atoms with Gasteiger partial charge >= 0.3 is 5.97 Å². The number of nitrogens with zero attached hydrogens (tertiary/aromatic N) is 2. The molecule has 6 rings (SSSR count). The van der Waals surface area contributed by atoms with Crippen LogP contribution in [0.3, 0.4) is 0 Å². The molecule has 0 aliphatic heterocycles. The molecule has 2 aromatic heterocycles. The van der Waals surface area contributed by atoms with Crippen molar-refractivity contribution in [2.24, 2.45) is 0 Å². The monoisotopic (exact) mass is 388 g/mol. The Labute approximate surface area is 172 Å². The summed E-state index contributed by atoms with van der Waals surface area (Å²) in [7, 11) is 0. The van der Waals surface area contributed by atoms with Crippen LogP contribution in [0.1, 0.15) is 21.5 Å². The average molecular weight is 388 g/mol. The molecule has 0 amide bonds. The summed E-state index contributed by atoms with van der Waals surface area (Å²) in [6.45, 7) is 0. The molecule has 142 valence electrons. The van der Waals surface area contributed by atoms with Gasteiger partial charge in [0.2, 0.25) is 0 Å². The Kier molecular flexibility index (Phi) is 3.50. The van der Waals surface area contributed by atoms with Crippen LogP contribution < -0.4 is 0 Å². The molecule has 4 heteroatoms. The lowest BCUT2D eigenvalue weighted by molar-refractivity contribution is 0.0699. The van der Waals surface area contributed by atoms with Crippen LogP contribution in [0.15, 0.2) is 78.9 Å². The van der Waals surface area contributed by atoms with Crippen molar-refractivity contribution in [2.45, 2.75) is 6.42 Å². The number of carboxylic acids is 1. The number of carbonyl (C=O) groups is 1. The first kappa shape index (κ1) is 16.9. The van der Waals surface area contributed by atoms with E-state index < -0.39 is 5.97 Å². The summed E-state index contributed by atoms with van der Waals surface area (Å²) in [5, 5.41) is 11.6. The van der Waals surface area contributed by atoms with E-state index in [1.54, 1.807) is 6.07 Å². The highest BCUT2D eigenvalue weighted by Gasteiger charge is 2.22. The molecule has 1 N–H and O–H groups in total. The number of fused-ring (bicyclic) bond motifs is 5. The zero-order valence-electron chi connectivity index (χ0n) is 16.0. The number of aromatic carboxylic acids is 1. The Bertz CT molecular complexity index is 1500. The second kappa shape index (κ2) is 6.22. The number of benzene rings is 3. The minimum Gasteiger partial charge on any atom is -0.478 e. The Morgan fingerprint density at radius 1 is 0.733 bits per heavy atom. The number of pyridine rings is 2. The Balaban J connectivity index is 1.59. The molecule has 4 nitrogen and oxygen atoms in total. The van der Waals surface area contributed by atoms with E-state index in [1.165, 1.54) is 16.7 Å². The van der Waals surface area contributed by atoms with Crippen molar-refractivity contribution < 1.29 is 9.90 Å². The van der Waals surface area contributed by atoms with Gasteiger partial charge in [0.05, 0.1) is 28.0 Å². The van der Waals surface area contributed by atoms with Crippen molar-refractivity contribution in [3.8, 4) is 22.5 Å². The molecule has 0 unspecified atom stereocenters. The normalized spacial score (nSPS) is 12.1. The molecule has 1 aliphatic rings. The Hall–Kier alpha value is -4.05. The predicted molar refractivity (Wildman–Crippen MR) is 118 cm³/mol. The Morgan fingerprint density at radius 2 is 1.53 bits per heavy atom. The van der Waals surface area contributed by atoms with Gasteiger partial charge in [-0.25, -0.2) is 14.8 Å². The third-order valence-corrected chi connectivity index (χ3v) is 5.81. The first-order chi connectivity index (χ1) is 14.7. The number of hydrogen-bond donors (Lipinski definition) is 1. The topological polar surface area (TPSA) is 63.1 Å². The van der Waals surface area contributed by atoms with Crippen LogP contribution in [0, 0.1) is 0 Å². The number of hydrogen-bond acceptors (Lipinski definition) is 3. The number of para-hydroxylation sites is 1. The summed E-state index contributed by atoms with van der Waals surface area (Å²) < 4.78 is 0. The van der Waals surface area contributed by atoms with Crippen molar-refractivity contribution in [1.29, 1.82) is 0 Å². The zero-order chi connectivity index (χ0) is 20.2. The largest absolute Gasteiger partial charge is 0.478 e. The van der Waals surface area contributed by atoms with Gasteiger partial charge in [0.1, 0.15) is 0 Å². The van der Waals surface area contributed by atoms with E-state index in [9.17, 15) is 9.90 Å². The second-order valence-electron chi connectivity index (χ2n) is 7.61. The molecule has 1 aliphatic carbocycles. The van der Waals surface area contributed by atoms with Gasteiger partial charge in [-0.15, -0.1) is 0 Å². The lowest BCUT2D eigenvalue weighted by atomic mass is 9.99. The molecular weight excluding hydrogens is 372 g/mol.